The van der Waals surface area contributed by atoms with Crippen LogP contribution in [0.2, 0.25) is 0 Å². The van der Waals surface area contributed by atoms with Gasteiger partial charge in [0.15, 0.2) is 6.10 Å². The van der Waals surface area contributed by atoms with Gasteiger partial charge in [0.2, 0.25) is 0 Å². The molecule has 0 amide bonds. The van der Waals surface area contributed by atoms with Crippen molar-refractivity contribution in [2.75, 3.05) is 0 Å². The molecular weight excluding hydrogens is 292 g/mol. The van der Waals surface area contributed by atoms with Gasteiger partial charge >= 0.3 is 5.97 Å². The van der Waals surface area contributed by atoms with Crippen LogP contribution in [-0.2, 0) is 16.1 Å². The fourth-order valence-electron chi connectivity index (χ4n) is 1.86. The lowest BCUT2D eigenvalue weighted by Crippen LogP contribution is -2.26. The summed E-state index contributed by atoms with van der Waals surface area (Å²) in [5, 5.41) is 17.6. The van der Waals surface area contributed by atoms with Crippen molar-refractivity contribution < 1.29 is 14.3 Å². The fourth-order valence-corrected chi connectivity index (χ4v) is 1.86. The van der Waals surface area contributed by atoms with E-state index in [2.05, 4.69) is 0 Å². The first-order chi connectivity index (χ1) is 11.1. The summed E-state index contributed by atoms with van der Waals surface area (Å²) in [6.07, 6.45) is -0.776. The van der Waals surface area contributed by atoms with E-state index >= 15 is 0 Å². The maximum absolute atomic E-state index is 11.9. The largest absolute Gasteiger partial charge is 0.479 e. The Labute approximate surface area is 134 Å². The molecule has 0 saturated heterocycles. The third-order valence-corrected chi connectivity index (χ3v) is 3.07. The lowest BCUT2D eigenvalue weighted by atomic mass is 10.1. The van der Waals surface area contributed by atoms with Crippen molar-refractivity contribution in [2.24, 2.45) is 0 Å². The van der Waals surface area contributed by atoms with Gasteiger partial charge in [-0.1, -0.05) is 12.1 Å². The molecule has 0 unspecified atom stereocenters. The van der Waals surface area contributed by atoms with E-state index in [9.17, 15) is 4.79 Å². The van der Waals surface area contributed by atoms with E-state index in [0.717, 1.165) is 5.56 Å². The SMILES string of the molecule is C[C@H](Oc1ccc(C#N)cc1)C(=O)OCc1cccc(C#N)c1. The molecule has 23 heavy (non-hydrogen) atoms. The molecule has 0 heterocycles. The molecular formula is C18H14N2O3. The van der Waals surface area contributed by atoms with Crippen molar-refractivity contribution in [1.29, 1.82) is 10.5 Å². The van der Waals surface area contributed by atoms with E-state index in [1.54, 1.807) is 55.5 Å². The van der Waals surface area contributed by atoms with Gasteiger partial charge in [0.05, 0.1) is 23.3 Å². The molecule has 2 aromatic carbocycles. The molecule has 0 bridgehead atoms. The molecule has 0 spiro atoms. The van der Waals surface area contributed by atoms with E-state index in [0.29, 0.717) is 16.9 Å². The van der Waals surface area contributed by atoms with E-state index in [-0.39, 0.29) is 6.61 Å². The van der Waals surface area contributed by atoms with Gasteiger partial charge < -0.3 is 9.47 Å². The average molecular weight is 306 g/mol. The number of ether oxygens (including phenoxy) is 2. The van der Waals surface area contributed by atoms with Gasteiger partial charge in [-0.25, -0.2) is 4.79 Å². The number of esters is 1. The van der Waals surface area contributed by atoms with Crippen LogP contribution in [0, 0.1) is 22.7 Å². The number of carbonyl (C=O) groups is 1. The second kappa shape index (κ2) is 7.63. The van der Waals surface area contributed by atoms with Crippen LogP contribution in [0.5, 0.6) is 5.75 Å². The smallest absolute Gasteiger partial charge is 0.347 e. The molecule has 0 aromatic heterocycles. The number of hydrogen-bond acceptors (Lipinski definition) is 5. The Hall–Kier alpha value is -3.31. The summed E-state index contributed by atoms with van der Waals surface area (Å²) in [6, 6.07) is 17.4. The monoisotopic (exact) mass is 306 g/mol. The van der Waals surface area contributed by atoms with Crippen LogP contribution in [0.25, 0.3) is 0 Å². The summed E-state index contributed by atoms with van der Waals surface area (Å²) in [6.45, 7) is 1.67. The summed E-state index contributed by atoms with van der Waals surface area (Å²) in [4.78, 5) is 11.9. The van der Waals surface area contributed by atoms with Gasteiger partial charge in [0, 0.05) is 0 Å². The van der Waals surface area contributed by atoms with E-state index < -0.39 is 12.1 Å². The summed E-state index contributed by atoms with van der Waals surface area (Å²) in [5.74, 6) is -0.0170. The highest BCUT2D eigenvalue weighted by Gasteiger charge is 2.16. The first-order valence-electron chi connectivity index (χ1n) is 6.95. The predicted molar refractivity (Wildman–Crippen MR) is 82.2 cm³/mol. The Balaban J connectivity index is 1.89. The molecule has 114 valence electrons. The predicted octanol–water partition coefficient (Wildman–Crippen LogP) is 2.94. The number of nitriles is 2. The Kier molecular flexibility index (Phi) is 5.33. The quantitative estimate of drug-likeness (QED) is 0.793. The molecule has 5 heteroatoms. The van der Waals surface area contributed by atoms with E-state index in [1.807, 2.05) is 12.1 Å². The van der Waals surface area contributed by atoms with Crippen molar-refractivity contribution in [3.8, 4) is 17.9 Å². The minimum atomic E-state index is -0.776. The molecule has 0 aliphatic carbocycles. The second-order valence-electron chi connectivity index (χ2n) is 4.82. The van der Waals surface area contributed by atoms with Gasteiger partial charge in [-0.3, -0.25) is 0 Å². The molecule has 0 aliphatic heterocycles. The van der Waals surface area contributed by atoms with Gasteiger partial charge in [-0.15, -0.1) is 0 Å². The highest BCUT2D eigenvalue weighted by atomic mass is 16.6. The van der Waals surface area contributed by atoms with Gasteiger partial charge in [0.25, 0.3) is 0 Å². The molecule has 0 radical (unpaired) electrons. The molecule has 0 aliphatic rings. The molecule has 0 saturated carbocycles. The summed E-state index contributed by atoms with van der Waals surface area (Å²) in [5.41, 5.74) is 1.77. The van der Waals surface area contributed by atoms with Crippen LogP contribution in [0.4, 0.5) is 0 Å². The lowest BCUT2D eigenvalue weighted by Gasteiger charge is -2.14. The Morgan fingerprint density at radius 1 is 1.09 bits per heavy atom. The molecule has 0 N–H and O–H groups in total. The number of rotatable bonds is 5. The van der Waals surface area contributed by atoms with Crippen LogP contribution in [0.15, 0.2) is 48.5 Å². The topological polar surface area (TPSA) is 83.1 Å². The minimum Gasteiger partial charge on any atom is -0.479 e. The highest BCUT2D eigenvalue weighted by Crippen LogP contribution is 2.14. The molecule has 5 nitrogen and oxygen atoms in total. The standard InChI is InChI=1S/C18H14N2O3/c1-13(23-17-7-5-14(10-19)6-8-17)18(21)22-12-16-4-2-3-15(9-16)11-20/h2-9,13H,12H2,1H3/t13-/m0/s1. The van der Waals surface area contributed by atoms with Crippen molar-refractivity contribution in [3.05, 3.63) is 65.2 Å². The maximum Gasteiger partial charge on any atom is 0.347 e. The fraction of sp³-hybridized carbons (Fsp3) is 0.167. The Morgan fingerprint density at radius 2 is 1.78 bits per heavy atom. The highest BCUT2D eigenvalue weighted by molar-refractivity contribution is 5.74. The zero-order chi connectivity index (χ0) is 16.7. The normalized spacial score (nSPS) is 10.9. The van der Waals surface area contributed by atoms with Crippen LogP contribution >= 0.6 is 0 Å². The van der Waals surface area contributed by atoms with Crippen molar-refractivity contribution in [3.63, 3.8) is 0 Å². The van der Waals surface area contributed by atoms with E-state index in [4.69, 9.17) is 20.0 Å². The molecule has 0 fully saturated rings. The first-order valence-corrected chi connectivity index (χ1v) is 6.95. The third-order valence-electron chi connectivity index (χ3n) is 3.07. The van der Waals surface area contributed by atoms with Gasteiger partial charge in [-0.05, 0) is 48.9 Å². The zero-order valence-electron chi connectivity index (χ0n) is 12.5. The van der Waals surface area contributed by atoms with Gasteiger partial charge in [0.1, 0.15) is 12.4 Å². The molecule has 2 aromatic rings. The maximum atomic E-state index is 11.9. The second-order valence-corrected chi connectivity index (χ2v) is 4.82. The number of carbonyl (C=O) groups excluding carboxylic acids is 1. The average Bonchev–Trinajstić information content (AvgIpc) is 2.60. The molecule has 2 rings (SSSR count). The summed E-state index contributed by atoms with van der Waals surface area (Å²) in [7, 11) is 0. The number of hydrogen-bond donors (Lipinski definition) is 0. The Bertz CT molecular complexity index is 770. The van der Waals surface area contributed by atoms with Crippen LogP contribution in [0.3, 0.4) is 0 Å². The first kappa shape index (κ1) is 16.1. The third kappa shape index (κ3) is 4.59. The van der Waals surface area contributed by atoms with Crippen molar-refractivity contribution in [1.82, 2.24) is 0 Å². The lowest BCUT2D eigenvalue weighted by molar-refractivity contribution is -0.152. The number of nitrogens with zero attached hydrogens (tertiary/aromatic N) is 2. The van der Waals surface area contributed by atoms with Crippen molar-refractivity contribution in [2.45, 2.75) is 19.6 Å². The van der Waals surface area contributed by atoms with Crippen LogP contribution in [0.1, 0.15) is 23.6 Å². The Morgan fingerprint density at radius 3 is 2.43 bits per heavy atom. The van der Waals surface area contributed by atoms with Crippen molar-refractivity contribution >= 4 is 5.97 Å². The number of benzene rings is 2. The summed E-state index contributed by atoms with van der Waals surface area (Å²) < 4.78 is 10.7. The molecule has 1 atom stereocenters. The van der Waals surface area contributed by atoms with Gasteiger partial charge in [-0.2, -0.15) is 10.5 Å². The minimum absolute atomic E-state index is 0.0788. The zero-order valence-corrected chi connectivity index (χ0v) is 12.5. The van der Waals surface area contributed by atoms with E-state index in [1.165, 1.54) is 0 Å². The van der Waals surface area contributed by atoms with Crippen LogP contribution < -0.4 is 4.74 Å². The summed E-state index contributed by atoms with van der Waals surface area (Å²) >= 11 is 0. The van der Waals surface area contributed by atoms with Crippen LogP contribution in [-0.4, -0.2) is 12.1 Å².